The van der Waals surface area contributed by atoms with E-state index in [1.165, 1.54) is 0 Å². The van der Waals surface area contributed by atoms with Gasteiger partial charge in [0.15, 0.2) is 0 Å². The number of para-hydroxylation sites is 2. The lowest BCUT2D eigenvalue weighted by molar-refractivity contribution is -0.116. The van der Waals surface area contributed by atoms with Crippen molar-refractivity contribution in [1.82, 2.24) is 4.98 Å². The van der Waals surface area contributed by atoms with Crippen molar-refractivity contribution in [2.45, 2.75) is 12.8 Å². The third-order valence-corrected chi connectivity index (χ3v) is 3.51. The molecule has 0 aliphatic rings. The lowest BCUT2D eigenvalue weighted by atomic mass is 10.1. The third-order valence-electron chi connectivity index (χ3n) is 3.51. The van der Waals surface area contributed by atoms with Crippen LogP contribution >= 0.6 is 0 Å². The van der Waals surface area contributed by atoms with Crippen LogP contribution in [-0.4, -0.2) is 10.9 Å². The Labute approximate surface area is 127 Å². The van der Waals surface area contributed by atoms with E-state index in [1.54, 1.807) is 0 Å². The number of fused-ring (bicyclic) bond motifs is 1. The quantitative estimate of drug-likeness (QED) is 0.776. The molecule has 0 spiro atoms. The molecular weight excluding hydrogens is 276 g/mol. The van der Waals surface area contributed by atoms with Gasteiger partial charge in [0.1, 0.15) is 0 Å². The van der Waals surface area contributed by atoms with Gasteiger partial charge in [-0.2, -0.15) is 0 Å². The maximum atomic E-state index is 12.0. The van der Waals surface area contributed by atoms with E-state index in [4.69, 9.17) is 0 Å². The van der Waals surface area contributed by atoms with Crippen LogP contribution in [0.25, 0.3) is 10.9 Å². The van der Waals surface area contributed by atoms with Crippen molar-refractivity contribution in [3.63, 3.8) is 0 Å². The fourth-order valence-corrected chi connectivity index (χ4v) is 2.37. The molecular formula is C18H16N2O2. The smallest absolute Gasteiger partial charge is 0.251 e. The first-order chi connectivity index (χ1) is 10.7. The van der Waals surface area contributed by atoms with Crippen LogP contribution in [0.5, 0.6) is 0 Å². The molecule has 3 aromatic rings. The molecule has 2 N–H and O–H groups in total. The van der Waals surface area contributed by atoms with Crippen LogP contribution < -0.4 is 10.9 Å². The Morgan fingerprint density at radius 2 is 1.73 bits per heavy atom. The second-order valence-corrected chi connectivity index (χ2v) is 5.13. The van der Waals surface area contributed by atoms with Crippen molar-refractivity contribution in [1.29, 1.82) is 0 Å². The average molecular weight is 292 g/mol. The van der Waals surface area contributed by atoms with Crippen molar-refractivity contribution < 1.29 is 4.79 Å². The summed E-state index contributed by atoms with van der Waals surface area (Å²) in [5, 5.41) is 3.79. The lowest BCUT2D eigenvalue weighted by Gasteiger charge is -2.05. The molecule has 0 aliphatic heterocycles. The van der Waals surface area contributed by atoms with Gasteiger partial charge in [0.05, 0.1) is 0 Å². The number of amides is 1. The lowest BCUT2D eigenvalue weighted by Crippen LogP contribution is -2.17. The number of benzene rings is 2. The van der Waals surface area contributed by atoms with Crippen LogP contribution in [0.15, 0.2) is 65.5 Å². The molecule has 110 valence electrons. The molecule has 0 saturated carbocycles. The Balaban J connectivity index is 1.70. The van der Waals surface area contributed by atoms with Crippen LogP contribution in [0.4, 0.5) is 5.69 Å². The number of carbonyl (C=O) groups excluding carboxylic acids is 1. The van der Waals surface area contributed by atoms with Crippen molar-refractivity contribution in [2.75, 3.05) is 5.32 Å². The molecule has 2 aromatic carbocycles. The number of aryl methyl sites for hydroxylation is 1. The van der Waals surface area contributed by atoms with E-state index in [0.29, 0.717) is 12.0 Å². The fraction of sp³-hybridized carbons (Fsp3) is 0.111. The number of H-pyrrole nitrogens is 1. The monoisotopic (exact) mass is 292 g/mol. The first-order valence-electron chi connectivity index (χ1n) is 7.18. The first-order valence-corrected chi connectivity index (χ1v) is 7.18. The highest BCUT2D eigenvalue weighted by Crippen LogP contribution is 2.11. The number of aromatic amines is 1. The predicted octanol–water partition coefficient (Wildman–Crippen LogP) is 3.10. The van der Waals surface area contributed by atoms with Gasteiger partial charge >= 0.3 is 0 Å². The minimum Gasteiger partial charge on any atom is -0.326 e. The largest absolute Gasteiger partial charge is 0.326 e. The summed E-state index contributed by atoms with van der Waals surface area (Å²) in [6.07, 6.45) is 0.690. The molecule has 0 saturated heterocycles. The van der Waals surface area contributed by atoms with Crippen LogP contribution in [0.2, 0.25) is 0 Å². The number of nitrogens with one attached hydrogen (secondary N) is 2. The molecule has 22 heavy (non-hydrogen) atoms. The number of aromatic nitrogens is 1. The summed E-state index contributed by atoms with van der Waals surface area (Å²) in [7, 11) is 0. The van der Waals surface area contributed by atoms with Crippen molar-refractivity contribution in [3.8, 4) is 0 Å². The summed E-state index contributed by atoms with van der Waals surface area (Å²) in [6.45, 7) is 0. The van der Waals surface area contributed by atoms with Crippen LogP contribution in [0.1, 0.15) is 12.0 Å². The normalized spacial score (nSPS) is 10.5. The van der Waals surface area contributed by atoms with Crippen molar-refractivity contribution >= 4 is 22.5 Å². The minimum absolute atomic E-state index is 0.0984. The second kappa shape index (κ2) is 6.26. The molecule has 0 radical (unpaired) electrons. The number of anilines is 1. The van der Waals surface area contributed by atoms with Gasteiger partial charge in [0.2, 0.25) is 5.91 Å². The number of hydrogen-bond donors (Lipinski definition) is 2. The summed E-state index contributed by atoms with van der Waals surface area (Å²) in [5.41, 5.74) is 2.07. The van der Waals surface area contributed by atoms with Gasteiger partial charge in [-0.3, -0.25) is 9.59 Å². The number of carbonyl (C=O) groups is 1. The summed E-state index contributed by atoms with van der Waals surface area (Å²) in [6, 6.07) is 18.8. The molecule has 3 rings (SSSR count). The molecule has 0 unspecified atom stereocenters. The predicted molar refractivity (Wildman–Crippen MR) is 88.0 cm³/mol. The Morgan fingerprint density at radius 3 is 2.55 bits per heavy atom. The van der Waals surface area contributed by atoms with Crippen LogP contribution in [-0.2, 0) is 11.2 Å². The summed E-state index contributed by atoms with van der Waals surface area (Å²) < 4.78 is 0. The van der Waals surface area contributed by atoms with E-state index in [1.807, 2.05) is 60.7 Å². The molecule has 0 fully saturated rings. The summed E-state index contributed by atoms with van der Waals surface area (Å²) >= 11 is 0. The number of pyridine rings is 1. The third kappa shape index (κ3) is 3.23. The highest BCUT2D eigenvalue weighted by molar-refractivity contribution is 5.90. The SMILES string of the molecule is O=C(CCc1cc2ccccc2[nH]c1=O)Nc1ccccc1. The second-order valence-electron chi connectivity index (χ2n) is 5.13. The Bertz CT molecular complexity index is 854. The van der Waals surface area contributed by atoms with Gasteiger partial charge in [-0.25, -0.2) is 0 Å². The molecule has 1 amide bonds. The van der Waals surface area contributed by atoms with E-state index in [9.17, 15) is 9.59 Å². The van der Waals surface area contributed by atoms with Gasteiger partial charge in [0.25, 0.3) is 5.56 Å². The van der Waals surface area contributed by atoms with Gasteiger partial charge in [0, 0.05) is 23.2 Å². The van der Waals surface area contributed by atoms with Gasteiger partial charge in [-0.15, -0.1) is 0 Å². The van der Waals surface area contributed by atoms with Crippen molar-refractivity contribution in [3.05, 3.63) is 76.6 Å². The molecule has 0 bridgehead atoms. The van der Waals surface area contributed by atoms with E-state index in [2.05, 4.69) is 10.3 Å². The topological polar surface area (TPSA) is 62.0 Å². The van der Waals surface area contributed by atoms with Crippen molar-refractivity contribution in [2.24, 2.45) is 0 Å². The molecule has 4 heteroatoms. The standard InChI is InChI=1S/C18H16N2O2/c21-17(19-15-7-2-1-3-8-15)11-10-14-12-13-6-4-5-9-16(13)20-18(14)22/h1-9,12H,10-11H2,(H,19,21)(H,20,22). The van der Waals surface area contributed by atoms with Gasteiger partial charge in [-0.1, -0.05) is 36.4 Å². The Kier molecular flexibility index (Phi) is 4.01. The molecule has 4 nitrogen and oxygen atoms in total. The van der Waals surface area contributed by atoms with Crippen LogP contribution in [0, 0.1) is 0 Å². The van der Waals surface area contributed by atoms with Crippen LogP contribution in [0.3, 0.4) is 0 Å². The molecule has 1 heterocycles. The zero-order valence-electron chi connectivity index (χ0n) is 12.0. The zero-order valence-corrected chi connectivity index (χ0v) is 12.0. The Morgan fingerprint density at radius 1 is 1.00 bits per heavy atom. The fourth-order valence-electron chi connectivity index (χ4n) is 2.37. The summed E-state index contributed by atoms with van der Waals surface area (Å²) in [5.74, 6) is -0.0984. The zero-order chi connectivity index (χ0) is 15.4. The average Bonchev–Trinajstić information content (AvgIpc) is 2.54. The van der Waals surface area contributed by atoms with Gasteiger partial charge in [-0.05, 0) is 36.1 Å². The van der Waals surface area contributed by atoms with E-state index in [0.717, 1.165) is 16.6 Å². The maximum Gasteiger partial charge on any atom is 0.251 e. The van der Waals surface area contributed by atoms with E-state index < -0.39 is 0 Å². The maximum absolute atomic E-state index is 12.0. The Hall–Kier alpha value is -2.88. The summed E-state index contributed by atoms with van der Waals surface area (Å²) in [4.78, 5) is 26.8. The first kappa shape index (κ1) is 14.1. The molecule has 0 atom stereocenters. The number of hydrogen-bond acceptors (Lipinski definition) is 2. The van der Waals surface area contributed by atoms with E-state index in [-0.39, 0.29) is 17.9 Å². The highest BCUT2D eigenvalue weighted by atomic mass is 16.1. The molecule has 0 aliphatic carbocycles. The molecule has 1 aromatic heterocycles. The van der Waals surface area contributed by atoms with E-state index >= 15 is 0 Å². The minimum atomic E-state index is -0.133. The highest BCUT2D eigenvalue weighted by Gasteiger charge is 2.07. The van der Waals surface area contributed by atoms with Gasteiger partial charge < -0.3 is 10.3 Å². The number of rotatable bonds is 4.